The average molecular weight is 240 g/mol. The highest BCUT2D eigenvalue weighted by Crippen LogP contribution is 2.21. The molecule has 0 atom stereocenters. The van der Waals surface area contributed by atoms with Crippen LogP contribution >= 0.6 is 0 Å². The number of ether oxygens (including phenoxy) is 2. The average Bonchev–Trinajstić information content (AvgIpc) is 2.14. The summed E-state index contributed by atoms with van der Waals surface area (Å²) in [5.74, 6) is 0. The molecule has 0 saturated heterocycles. The van der Waals surface area contributed by atoms with Gasteiger partial charge in [0.25, 0.3) is 0 Å². The van der Waals surface area contributed by atoms with Crippen molar-refractivity contribution in [3.8, 4) is 0 Å². The molecule has 0 fully saturated rings. The van der Waals surface area contributed by atoms with E-state index in [4.69, 9.17) is 9.47 Å². The van der Waals surface area contributed by atoms with Gasteiger partial charge in [-0.15, -0.1) is 0 Å². The lowest BCUT2D eigenvalue weighted by Crippen LogP contribution is -2.31. The SMILES string of the molecule is C=C(C)COC(C)(C)CCOC(C)(C)C(=C)C. The highest BCUT2D eigenvalue weighted by molar-refractivity contribution is 5.05. The molecule has 0 radical (unpaired) electrons. The van der Waals surface area contributed by atoms with Crippen LogP contribution in [0, 0.1) is 0 Å². The van der Waals surface area contributed by atoms with Gasteiger partial charge in [-0.05, 0) is 53.5 Å². The summed E-state index contributed by atoms with van der Waals surface area (Å²) >= 11 is 0. The van der Waals surface area contributed by atoms with Crippen molar-refractivity contribution in [2.24, 2.45) is 0 Å². The normalized spacial score (nSPS) is 12.6. The molecule has 0 aromatic rings. The molecular weight excluding hydrogens is 212 g/mol. The van der Waals surface area contributed by atoms with E-state index in [-0.39, 0.29) is 11.2 Å². The van der Waals surface area contributed by atoms with Crippen LogP contribution in [0.5, 0.6) is 0 Å². The summed E-state index contributed by atoms with van der Waals surface area (Å²) in [6.45, 7) is 21.2. The monoisotopic (exact) mass is 240 g/mol. The second-order valence-corrected chi connectivity index (χ2v) is 5.89. The van der Waals surface area contributed by atoms with Crippen molar-refractivity contribution in [2.75, 3.05) is 13.2 Å². The van der Waals surface area contributed by atoms with E-state index < -0.39 is 0 Å². The summed E-state index contributed by atoms with van der Waals surface area (Å²) in [5.41, 5.74) is 1.65. The fourth-order valence-corrected chi connectivity index (χ4v) is 1.07. The van der Waals surface area contributed by atoms with E-state index >= 15 is 0 Å². The predicted octanol–water partition coefficient (Wildman–Crippen LogP) is 4.12. The summed E-state index contributed by atoms with van der Waals surface area (Å²) in [4.78, 5) is 0. The van der Waals surface area contributed by atoms with E-state index in [1.165, 1.54) is 0 Å². The van der Waals surface area contributed by atoms with Gasteiger partial charge in [-0.3, -0.25) is 0 Å². The summed E-state index contributed by atoms with van der Waals surface area (Å²) < 4.78 is 11.6. The maximum Gasteiger partial charge on any atom is 0.0830 e. The fraction of sp³-hybridized carbons (Fsp3) is 0.733. The van der Waals surface area contributed by atoms with Gasteiger partial charge in [0.1, 0.15) is 0 Å². The van der Waals surface area contributed by atoms with Gasteiger partial charge in [0.2, 0.25) is 0 Å². The Kier molecular flexibility index (Phi) is 6.14. The van der Waals surface area contributed by atoms with Gasteiger partial charge in [0.15, 0.2) is 0 Å². The van der Waals surface area contributed by atoms with Crippen molar-refractivity contribution in [1.82, 2.24) is 0 Å². The fourth-order valence-electron chi connectivity index (χ4n) is 1.07. The van der Waals surface area contributed by atoms with Crippen molar-refractivity contribution in [2.45, 2.75) is 59.2 Å². The van der Waals surface area contributed by atoms with Crippen LogP contribution in [-0.4, -0.2) is 24.4 Å². The molecule has 0 bridgehead atoms. The van der Waals surface area contributed by atoms with E-state index in [0.29, 0.717) is 13.2 Å². The summed E-state index contributed by atoms with van der Waals surface area (Å²) in [6.07, 6.45) is 0.858. The van der Waals surface area contributed by atoms with Crippen LogP contribution in [0.15, 0.2) is 24.3 Å². The third-order valence-corrected chi connectivity index (χ3v) is 2.90. The van der Waals surface area contributed by atoms with E-state index in [9.17, 15) is 0 Å². The Morgan fingerprint density at radius 2 is 1.53 bits per heavy atom. The molecule has 17 heavy (non-hydrogen) atoms. The van der Waals surface area contributed by atoms with Crippen LogP contribution in [-0.2, 0) is 9.47 Å². The Balaban J connectivity index is 4.02. The zero-order chi connectivity index (χ0) is 13.7. The van der Waals surface area contributed by atoms with Crippen molar-refractivity contribution < 1.29 is 9.47 Å². The van der Waals surface area contributed by atoms with Crippen LogP contribution in [0.1, 0.15) is 48.0 Å². The summed E-state index contributed by atoms with van der Waals surface area (Å²) in [7, 11) is 0. The number of hydrogen-bond acceptors (Lipinski definition) is 2. The highest BCUT2D eigenvalue weighted by Gasteiger charge is 2.23. The van der Waals surface area contributed by atoms with Crippen LogP contribution < -0.4 is 0 Å². The molecule has 0 amide bonds. The van der Waals surface area contributed by atoms with Crippen LogP contribution in [0.2, 0.25) is 0 Å². The Morgan fingerprint density at radius 1 is 1.00 bits per heavy atom. The van der Waals surface area contributed by atoms with Gasteiger partial charge in [-0.1, -0.05) is 18.7 Å². The van der Waals surface area contributed by atoms with E-state index in [1.807, 2.05) is 27.7 Å². The quantitative estimate of drug-likeness (QED) is 0.594. The second kappa shape index (κ2) is 6.36. The standard InChI is InChI=1S/C15H28O2/c1-12(2)11-17-14(5,6)9-10-16-15(7,8)13(3)4/h1,3,9-11H2,2,4-8H3. The maximum absolute atomic E-state index is 5.83. The molecular formula is C15H28O2. The summed E-state index contributed by atoms with van der Waals surface area (Å²) in [5, 5.41) is 0. The molecule has 0 aliphatic heterocycles. The lowest BCUT2D eigenvalue weighted by molar-refractivity contribution is -0.0551. The summed E-state index contributed by atoms with van der Waals surface area (Å²) in [6, 6.07) is 0. The maximum atomic E-state index is 5.83. The minimum absolute atomic E-state index is 0.176. The molecule has 0 spiro atoms. The molecule has 0 heterocycles. The first-order chi connectivity index (χ1) is 7.57. The molecule has 0 unspecified atom stereocenters. The number of rotatable bonds is 8. The van der Waals surface area contributed by atoms with Crippen LogP contribution in [0.25, 0.3) is 0 Å². The zero-order valence-corrected chi connectivity index (χ0v) is 12.4. The van der Waals surface area contributed by atoms with Crippen LogP contribution in [0.3, 0.4) is 0 Å². The Hall–Kier alpha value is -0.600. The largest absolute Gasteiger partial charge is 0.371 e. The minimum Gasteiger partial charge on any atom is -0.371 e. The van der Waals surface area contributed by atoms with Crippen molar-refractivity contribution in [3.05, 3.63) is 24.3 Å². The van der Waals surface area contributed by atoms with Gasteiger partial charge in [-0.25, -0.2) is 0 Å². The van der Waals surface area contributed by atoms with Gasteiger partial charge in [0, 0.05) is 0 Å². The molecule has 2 nitrogen and oxygen atoms in total. The first kappa shape index (κ1) is 16.4. The molecule has 0 aromatic heterocycles. The van der Waals surface area contributed by atoms with Crippen molar-refractivity contribution in [3.63, 3.8) is 0 Å². The third kappa shape index (κ3) is 7.35. The van der Waals surface area contributed by atoms with Crippen molar-refractivity contribution in [1.29, 1.82) is 0 Å². The first-order valence-electron chi connectivity index (χ1n) is 6.15. The number of hydrogen-bond donors (Lipinski definition) is 0. The molecule has 0 saturated carbocycles. The van der Waals surface area contributed by atoms with Gasteiger partial charge < -0.3 is 9.47 Å². The molecule has 0 aromatic carbocycles. The molecule has 0 N–H and O–H groups in total. The predicted molar refractivity (Wildman–Crippen MR) is 74.3 cm³/mol. The molecule has 0 aliphatic rings. The molecule has 100 valence electrons. The molecule has 0 aliphatic carbocycles. The Labute approximate surface area is 107 Å². The van der Waals surface area contributed by atoms with Crippen LogP contribution in [0.4, 0.5) is 0 Å². The Morgan fingerprint density at radius 3 is 1.94 bits per heavy atom. The van der Waals surface area contributed by atoms with Crippen molar-refractivity contribution >= 4 is 0 Å². The lowest BCUT2D eigenvalue weighted by atomic mass is 10.0. The van der Waals surface area contributed by atoms with Gasteiger partial charge >= 0.3 is 0 Å². The third-order valence-electron chi connectivity index (χ3n) is 2.90. The molecule has 0 rings (SSSR count). The first-order valence-corrected chi connectivity index (χ1v) is 6.15. The molecule has 2 heteroatoms. The zero-order valence-electron chi connectivity index (χ0n) is 12.4. The van der Waals surface area contributed by atoms with E-state index in [0.717, 1.165) is 17.6 Å². The highest BCUT2D eigenvalue weighted by atomic mass is 16.5. The van der Waals surface area contributed by atoms with E-state index in [1.54, 1.807) is 0 Å². The smallest absolute Gasteiger partial charge is 0.0830 e. The van der Waals surface area contributed by atoms with Gasteiger partial charge in [0.05, 0.1) is 24.4 Å². The topological polar surface area (TPSA) is 18.5 Å². The second-order valence-electron chi connectivity index (χ2n) is 5.89. The Bertz CT molecular complexity index is 275. The van der Waals surface area contributed by atoms with Gasteiger partial charge in [-0.2, -0.15) is 0 Å². The minimum atomic E-state index is -0.259. The van der Waals surface area contributed by atoms with E-state index in [2.05, 4.69) is 27.0 Å². The lowest BCUT2D eigenvalue weighted by Gasteiger charge is -2.30.